The minimum Gasteiger partial charge on any atom is -0.388 e. The van der Waals surface area contributed by atoms with Gasteiger partial charge in [0.1, 0.15) is 0 Å². The first-order valence-corrected chi connectivity index (χ1v) is 8.24. The molecule has 128 valence electrons. The van der Waals surface area contributed by atoms with Gasteiger partial charge in [-0.05, 0) is 16.7 Å². The molecule has 3 aromatic rings. The van der Waals surface area contributed by atoms with E-state index in [-0.39, 0.29) is 12.3 Å². The molecule has 0 fully saturated rings. The van der Waals surface area contributed by atoms with Gasteiger partial charge in [0, 0.05) is 25.5 Å². The van der Waals surface area contributed by atoms with E-state index in [1.807, 2.05) is 59.3 Å². The van der Waals surface area contributed by atoms with Gasteiger partial charge in [-0.15, -0.1) is 0 Å². The molecule has 1 unspecified atom stereocenters. The molecule has 0 bridgehead atoms. The van der Waals surface area contributed by atoms with E-state index in [1.165, 1.54) is 0 Å². The third-order valence-electron chi connectivity index (χ3n) is 3.97. The van der Waals surface area contributed by atoms with Crippen LogP contribution < -0.4 is 5.32 Å². The van der Waals surface area contributed by atoms with Crippen molar-refractivity contribution in [1.82, 2.24) is 14.9 Å². The first-order chi connectivity index (χ1) is 12.2. The molecule has 0 radical (unpaired) electrons. The number of imidazole rings is 1. The van der Waals surface area contributed by atoms with Crippen molar-refractivity contribution in [2.24, 2.45) is 0 Å². The lowest BCUT2D eigenvalue weighted by atomic mass is 10.1. The van der Waals surface area contributed by atoms with Gasteiger partial charge in [-0.3, -0.25) is 4.79 Å². The van der Waals surface area contributed by atoms with E-state index < -0.39 is 6.10 Å². The maximum atomic E-state index is 12.1. The van der Waals surface area contributed by atoms with Gasteiger partial charge in [-0.1, -0.05) is 54.6 Å². The number of carbonyl (C=O) groups is 1. The van der Waals surface area contributed by atoms with Crippen molar-refractivity contribution >= 4 is 5.91 Å². The Balaban J connectivity index is 1.52. The summed E-state index contributed by atoms with van der Waals surface area (Å²) in [5.74, 6) is -0.170. The number of rotatable bonds is 7. The van der Waals surface area contributed by atoms with E-state index >= 15 is 0 Å². The first-order valence-electron chi connectivity index (χ1n) is 8.24. The number of hydrogen-bond acceptors (Lipinski definition) is 3. The van der Waals surface area contributed by atoms with E-state index in [2.05, 4.69) is 16.4 Å². The fourth-order valence-electron chi connectivity index (χ4n) is 2.67. The lowest BCUT2D eigenvalue weighted by Crippen LogP contribution is -2.24. The second-order valence-electron chi connectivity index (χ2n) is 5.96. The molecule has 0 saturated heterocycles. The molecule has 0 saturated carbocycles. The average Bonchev–Trinajstić information content (AvgIpc) is 3.14. The molecule has 2 aromatic carbocycles. The fourth-order valence-corrected chi connectivity index (χ4v) is 2.67. The van der Waals surface area contributed by atoms with Crippen molar-refractivity contribution in [2.75, 3.05) is 0 Å². The largest absolute Gasteiger partial charge is 0.388 e. The fraction of sp³-hybridized carbons (Fsp3) is 0.200. The molecule has 5 heteroatoms. The number of benzene rings is 2. The molecule has 25 heavy (non-hydrogen) atoms. The lowest BCUT2D eigenvalue weighted by Gasteiger charge is -2.12. The summed E-state index contributed by atoms with van der Waals surface area (Å²) >= 11 is 0. The Morgan fingerprint density at radius 1 is 1.12 bits per heavy atom. The highest BCUT2D eigenvalue weighted by atomic mass is 16.3. The molecule has 0 aliphatic rings. The van der Waals surface area contributed by atoms with Crippen LogP contribution in [0.2, 0.25) is 0 Å². The van der Waals surface area contributed by atoms with Crippen LogP contribution in [0, 0.1) is 0 Å². The van der Waals surface area contributed by atoms with E-state index in [9.17, 15) is 9.90 Å². The van der Waals surface area contributed by atoms with Crippen molar-refractivity contribution < 1.29 is 9.90 Å². The summed E-state index contributed by atoms with van der Waals surface area (Å²) in [6, 6.07) is 17.3. The molecule has 1 amide bonds. The zero-order chi connectivity index (χ0) is 17.5. The normalized spacial score (nSPS) is 11.9. The Morgan fingerprint density at radius 2 is 1.92 bits per heavy atom. The molecule has 0 aliphatic carbocycles. The molecule has 3 rings (SSSR count). The maximum Gasteiger partial charge on any atom is 0.223 e. The standard InChI is InChI=1S/C20H21N3O2/c24-19(18-7-2-1-3-8-18)12-20(25)22-13-16-5-4-6-17(11-16)14-23-10-9-21-15-23/h1-11,15,19,24H,12-14H2,(H,22,25). The van der Waals surface area contributed by atoms with Crippen LogP contribution in [0.3, 0.4) is 0 Å². The Morgan fingerprint density at radius 3 is 2.68 bits per heavy atom. The minimum absolute atomic E-state index is 0.0543. The van der Waals surface area contributed by atoms with Gasteiger partial charge >= 0.3 is 0 Å². The van der Waals surface area contributed by atoms with Gasteiger partial charge in [-0.25, -0.2) is 4.98 Å². The van der Waals surface area contributed by atoms with Gasteiger partial charge in [0.25, 0.3) is 0 Å². The minimum atomic E-state index is -0.784. The van der Waals surface area contributed by atoms with Crippen LogP contribution in [0.1, 0.15) is 29.2 Å². The SMILES string of the molecule is O=C(CC(O)c1ccccc1)NCc1cccc(Cn2ccnc2)c1. The van der Waals surface area contributed by atoms with Gasteiger partial charge in [0.2, 0.25) is 5.91 Å². The topological polar surface area (TPSA) is 67.2 Å². The second-order valence-corrected chi connectivity index (χ2v) is 5.96. The highest BCUT2D eigenvalue weighted by molar-refractivity contribution is 5.76. The van der Waals surface area contributed by atoms with Crippen LogP contribution in [0.15, 0.2) is 73.3 Å². The third-order valence-corrected chi connectivity index (χ3v) is 3.97. The van der Waals surface area contributed by atoms with Crippen molar-refractivity contribution in [3.05, 3.63) is 90.0 Å². The monoisotopic (exact) mass is 335 g/mol. The van der Waals surface area contributed by atoms with Crippen molar-refractivity contribution in [3.63, 3.8) is 0 Å². The van der Waals surface area contributed by atoms with Crippen LogP contribution in [0.4, 0.5) is 0 Å². The Hall–Kier alpha value is -2.92. The highest BCUT2D eigenvalue weighted by Crippen LogP contribution is 2.15. The first kappa shape index (κ1) is 16.9. The Labute approximate surface area is 147 Å². The summed E-state index contributed by atoms with van der Waals surface area (Å²) in [7, 11) is 0. The van der Waals surface area contributed by atoms with Crippen molar-refractivity contribution in [3.8, 4) is 0 Å². The summed E-state index contributed by atoms with van der Waals surface area (Å²) in [6.45, 7) is 1.19. The van der Waals surface area contributed by atoms with E-state index in [0.717, 1.165) is 23.2 Å². The van der Waals surface area contributed by atoms with Gasteiger partial charge in [-0.2, -0.15) is 0 Å². The number of carbonyl (C=O) groups excluding carboxylic acids is 1. The maximum absolute atomic E-state index is 12.1. The molecular formula is C20H21N3O2. The predicted octanol–water partition coefficient (Wildman–Crippen LogP) is 2.67. The van der Waals surface area contributed by atoms with Crippen LogP contribution >= 0.6 is 0 Å². The third kappa shape index (κ3) is 5.02. The molecule has 0 spiro atoms. The summed E-state index contributed by atoms with van der Waals surface area (Å²) in [6.07, 6.45) is 4.72. The Bertz CT molecular complexity index is 801. The number of aliphatic hydroxyl groups excluding tert-OH is 1. The lowest BCUT2D eigenvalue weighted by molar-refractivity contribution is -0.123. The van der Waals surface area contributed by atoms with Crippen molar-refractivity contribution in [2.45, 2.75) is 25.6 Å². The Kier molecular flexibility index (Phi) is 5.59. The van der Waals surface area contributed by atoms with E-state index in [0.29, 0.717) is 6.54 Å². The number of aliphatic hydroxyl groups is 1. The number of amides is 1. The molecule has 1 atom stereocenters. The zero-order valence-electron chi connectivity index (χ0n) is 13.9. The van der Waals surface area contributed by atoms with Crippen LogP contribution in [-0.4, -0.2) is 20.6 Å². The average molecular weight is 335 g/mol. The van der Waals surface area contributed by atoms with E-state index in [4.69, 9.17) is 0 Å². The number of nitrogens with zero attached hydrogens (tertiary/aromatic N) is 2. The summed E-state index contributed by atoms with van der Waals surface area (Å²) < 4.78 is 1.99. The van der Waals surface area contributed by atoms with Crippen LogP contribution in [0.5, 0.6) is 0 Å². The number of hydrogen-bond donors (Lipinski definition) is 2. The molecular weight excluding hydrogens is 314 g/mol. The second kappa shape index (κ2) is 8.26. The molecule has 5 nitrogen and oxygen atoms in total. The van der Waals surface area contributed by atoms with Crippen molar-refractivity contribution in [1.29, 1.82) is 0 Å². The van der Waals surface area contributed by atoms with Crippen LogP contribution in [-0.2, 0) is 17.9 Å². The molecule has 1 heterocycles. The van der Waals surface area contributed by atoms with Gasteiger partial charge in [0.05, 0.1) is 18.9 Å². The molecule has 0 aliphatic heterocycles. The van der Waals surface area contributed by atoms with Crippen LogP contribution in [0.25, 0.3) is 0 Å². The number of aromatic nitrogens is 2. The van der Waals surface area contributed by atoms with Gasteiger partial charge < -0.3 is 15.0 Å². The zero-order valence-corrected chi connectivity index (χ0v) is 13.9. The predicted molar refractivity (Wildman–Crippen MR) is 95.6 cm³/mol. The smallest absolute Gasteiger partial charge is 0.223 e. The molecule has 1 aromatic heterocycles. The summed E-state index contributed by atoms with van der Waals surface area (Å²) in [4.78, 5) is 16.1. The quantitative estimate of drug-likeness (QED) is 0.697. The van der Waals surface area contributed by atoms with Gasteiger partial charge in [0.15, 0.2) is 0 Å². The molecule has 2 N–H and O–H groups in total. The highest BCUT2D eigenvalue weighted by Gasteiger charge is 2.12. The number of nitrogens with one attached hydrogen (secondary N) is 1. The summed E-state index contributed by atoms with van der Waals surface area (Å²) in [5, 5.41) is 13.0. The summed E-state index contributed by atoms with van der Waals surface area (Å²) in [5.41, 5.74) is 2.93. The van der Waals surface area contributed by atoms with E-state index in [1.54, 1.807) is 12.5 Å².